The van der Waals surface area contributed by atoms with Crippen LogP contribution in [0.2, 0.25) is 0 Å². The predicted octanol–water partition coefficient (Wildman–Crippen LogP) is 6.53. The Morgan fingerprint density at radius 2 is 1.39 bits per heavy atom. The largest absolute Gasteiger partial charge is 0.497 e. The number of hydrogen-bond acceptors (Lipinski definition) is 7. The summed E-state index contributed by atoms with van der Waals surface area (Å²) in [6.45, 7) is 5.96. The number of methoxy groups -OCH3 is 4. The highest BCUT2D eigenvalue weighted by Gasteiger charge is 2.50. The lowest BCUT2D eigenvalue weighted by Gasteiger charge is -2.43. The first-order chi connectivity index (χ1) is 19.6. The van der Waals surface area contributed by atoms with Crippen molar-refractivity contribution in [1.29, 1.82) is 0 Å². The van der Waals surface area contributed by atoms with Crippen molar-refractivity contribution in [3.63, 3.8) is 0 Å². The number of aliphatic imine (C=N–C) groups is 1. The second-order valence-electron chi connectivity index (χ2n) is 10.5. The van der Waals surface area contributed by atoms with E-state index in [4.69, 9.17) is 28.7 Å². The summed E-state index contributed by atoms with van der Waals surface area (Å²) in [7, 11) is 6.34. The molecule has 3 aromatic rings. The zero-order valence-corrected chi connectivity index (χ0v) is 24.6. The zero-order valence-electron chi connectivity index (χ0n) is 24.6. The molecule has 3 aromatic carbocycles. The number of amidine groups is 1. The number of benzene rings is 3. The SMILES string of the molecule is COc1ccc(CN(Cc2ccc(OC)cc2OC)C2=N[C@](C)(c3ccccc3F)[C@@H](F)[C@@H](C(C)C)O2)c(OC)c1. The van der Waals surface area contributed by atoms with Crippen molar-refractivity contribution in [2.45, 2.75) is 51.7 Å². The Hall–Kier alpha value is -4.01. The van der Waals surface area contributed by atoms with E-state index >= 15 is 8.78 Å². The van der Waals surface area contributed by atoms with E-state index in [1.165, 1.54) is 6.07 Å². The third-order valence-corrected chi connectivity index (χ3v) is 7.45. The average Bonchev–Trinajstić information content (AvgIpc) is 2.98. The highest BCUT2D eigenvalue weighted by Crippen LogP contribution is 2.41. The lowest BCUT2D eigenvalue weighted by Crippen LogP contribution is -2.53. The molecule has 0 saturated carbocycles. The molecule has 1 aliphatic heterocycles. The quantitative estimate of drug-likeness (QED) is 0.277. The van der Waals surface area contributed by atoms with Gasteiger partial charge in [0, 0.05) is 28.8 Å². The van der Waals surface area contributed by atoms with Crippen LogP contribution in [0.25, 0.3) is 0 Å². The fourth-order valence-corrected chi connectivity index (χ4v) is 5.06. The predicted molar refractivity (Wildman–Crippen MR) is 154 cm³/mol. The lowest BCUT2D eigenvalue weighted by atomic mass is 9.81. The van der Waals surface area contributed by atoms with Crippen molar-refractivity contribution < 1.29 is 32.5 Å². The normalized spacial score (nSPS) is 20.2. The number of alkyl halides is 1. The third-order valence-electron chi connectivity index (χ3n) is 7.45. The van der Waals surface area contributed by atoms with Gasteiger partial charge in [0.05, 0.1) is 41.5 Å². The third kappa shape index (κ3) is 6.19. The molecule has 220 valence electrons. The van der Waals surface area contributed by atoms with Crippen molar-refractivity contribution in [3.05, 3.63) is 83.2 Å². The van der Waals surface area contributed by atoms with Crippen LogP contribution >= 0.6 is 0 Å². The van der Waals surface area contributed by atoms with Crippen molar-refractivity contribution in [2.24, 2.45) is 10.9 Å². The number of rotatable bonds is 10. The van der Waals surface area contributed by atoms with Gasteiger partial charge in [-0.2, -0.15) is 0 Å². The van der Waals surface area contributed by atoms with Crippen LogP contribution in [-0.2, 0) is 23.4 Å². The molecule has 0 unspecified atom stereocenters. The van der Waals surface area contributed by atoms with Gasteiger partial charge in [0.25, 0.3) is 6.02 Å². The van der Waals surface area contributed by atoms with Gasteiger partial charge in [-0.05, 0) is 43.2 Å². The van der Waals surface area contributed by atoms with Crippen LogP contribution in [0.1, 0.15) is 37.5 Å². The molecule has 0 fully saturated rings. The van der Waals surface area contributed by atoms with Gasteiger partial charge in [-0.1, -0.05) is 32.0 Å². The molecule has 41 heavy (non-hydrogen) atoms. The van der Waals surface area contributed by atoms with Gasteiger partial charge in [0.15, 0.2) is 6.17 Å². The molecule has 0 amide bonds. The molecule has 0 spiro atoms. The molecule has 1 aliphatic rings. The molecule has 0 bridgehead atoms. The second kappa shape index (κ2) is 12.7. The van der Waals surface area contributed by atoms with Gasteiger partial charge in [-0.3, -0.25) is 0 Å². The highest BCUT2D eigenvalue weighted by molar-refractivity contribution is 5.76. The van der Waals surface area contributed by atoms with Crippen LogP contribution in [0.15, 0.2) is 65.7 Å². The molecule has 4 rings (SSSR count). The Bertz CT molecular complexity index is 1320. The Balaban J connectivity index is 1.87. The van der Waals surface area contributed by atoms with E-state index in [9.17, 15) is 0 Å². The van der Waals surface area contributed by atoms with Crippen molar-refractivity contribution in [1.82, 2.24) is 4.90 Å². The van der Waals surface area contributed by atoms with Crippen LogP contribution < -0.4 is 18.9 Å². The van der Waals surface area contributed by atoms with Crippen LogP contribution in [0.4, 0.5) is 8.78 Å². The molecule has 9 heteroatoms. The van der Waals surface area contributed by atoms with E-state index < -0.39 is 23.6 Å². The molecule has 7 nitrogen and oxygen atoms in total. The van der Waals surface area contributed by atoms with Crippen LogP contribution in [0, 0.1) is 11.7 Å². The number of hydrogen-bond donors (Lipinski definition) is 0. The Labute approximate surface area is 240 Å². The Kier molecular flexibility index (Phi) is 9.25. The molecule has 0 aliphatic carbocycles. The fraction of sp³-hybridized carbons (Fsp3) is 0.406. The van der Waals surface area contributed by atoms with Gasteiger partial charge >= 0.3 is 0 Å². The number of ether oxygens (including phenoxy) is 5. The summed E-state index contributed by atoms with van der Waals surface area (Å²) in [6, 6.07) is 17.4. The van der Waals surface area contributed by atoms with E-state index in [2.05, 4.69) is 0 Å². The minimum Gasteiger partial charge on any atom is -0.497 e. The Morgan fingerprint density at radius 1 is 0.854 bits per heavy atom. The van der Waals surface area contributed by atoms with E-state index in [1.54, 1.807) is 65.7 Å². The van der Waals surface area contributed by atoms with Crippen LogP contribution in [-0.4, -0.2) is 51.6 Å². The maximum Gasteiger partial charge on any atom is 0.289 e. The summed E-state index contributed by atoms with van der Waals surface area (Å²) in [4.78, 5) is 6.69. The second-order valence-corrected chi connectivity index (χ2v) is 10.5. The van der Waals surface area contributed by atoms with Gasteiger partial charge in [-0.15, -0.1) is 0 Å². The molecule has 0 aromatic heterocycles. The molecule has 0 N–H and O–H groups in total. The highest BCUT2D eigenvalue weighted by atomic mass is 19.1. The number of nitrogens with zero attached hydrogens (tertiary/aromatic N) is 2. The first-order valence-corrected chi connectivity index (χ1v) is 13.5. The van der Waals surface area contributed by atoms with Crippen LogP contribution in [0.5, 0.6) is 23.0 Å². The van der Waals surface area contributed by atoms with Crippen molar-refractivity contribution in [2.75, 3.05) is 28.4 Å². The summed E-state index contributed by atoms with van der Waals surface area (Å²) in [6.07, 6.45) is -2.46. The van der Waals surface area contributed by atoms with Gasteiger partial charge in [0.1, 0.15) is 40.5 Å². The minimum absolute atomic E-state index is 0.169. The zero-order chi connectivity index (χ0) is 29.7. The molecule has 0 saturated heterocycles. The summed E-state index contributed by atoms with van der Waals surface area (Å²) in [5, 5.41) is 0. The number of halogens is 2. The van der Waals surface area contributed by atoms with E-state index in [0.717, 1.165) is 11.1 Å². The summed E-state index contributed by atoms with van der Waals surface area (Å²) in [5.74, 6) is 1.76. The first kappa shape index (κ1) is 30.0. The first-order valence-electron chi connectivity index (χ1n) is 13.5. The van der Waals surface area contributed by atoms with E-state index in [-0.39, 0.29) is 30.6 Å². The monoisotopic (exact) mass is 568 g/mol. The summed E-state index contributed by atoms with van der Waals surface area (Å²) in [5.41, 5.74) is 0.286. The maximum absolute atomic E-state index is 16.2. The van der Waals surface area contributed by atoms with Gasteiger partial charge in [0.2, 0.25) is 0 Å². The summed E-state index contributed by atoms with van der Waals surface area (Å²) >= 11 is 0. The van der Waals surface area contributed by atoms with Crippen molar-refractivity contribution >= 4 is 6.02 Å². The lowest BCUT2D eigenvalue weighted by molar-refractivity contribution is -0.0225. The summed E-state index contributed by atoms with van der Waals surface area (Å²) < 4.78 is 59.7. The van der Waals surface area contributed by atoms with Gasteiger partial charge in [-0.25, -0.2) is 13.8 Å². The minimum atomic E-state index is -1.59. The Morgan fingerprint density at radius 3 is 1.85 bits per heavy atom. The molecule has 1 heterocycles. The topological polar surface area (TPSA) is 61.8 Å². The van der Waals surface area contributed by atoms with Gasteiger partial charge < -0.3 is 28.6 Å². The van der Waals surface area contributed by atoms with Crippen LogP contribution in [0.3, 0.4) is 0 Å². The standard InChI is InChI=1S/C32H38F2N2O5/c1-20(2)29-30(34)32(3,25-10-8-9-11-26(25)33)35-31(41-29)36(18-21-12-14-23(37-4)16-27(21)39-6)19-22-13-15-24(38-5)17-28(22)40-7/h8-17,20,29-30H,18-19H2,1-7H3/t29-,30+,32-/m1/s1. The average molecular weight is 569 g/mol. The van der Waals surface area contributed by atoms with E-state index in [0.29, 0.717) is 23.0 Å². The smallest absolute Gasteiger partial charge is 0.289 e. The molecular formula is C32H38F2N2O5. The maximum atomic E-state index is 16.2. The fourth-order valence-electron chi connectivity index (χ4n) is 5.06. The molecule has 0 radical (unpaired) electrons. The van der Waals surface area contributed by atoms with E-state index in [1.807, 2.05) is 43.0 Å². The molecule has 3 atom stereocenters. The van der Waals surface area contributed by atoms with Crippen molar-refractivity contribution in [3.8, 4) is 23.0 Å². The molecular weight excluding hydrogens is 530 g/mol.